The minimum Gasteiger partial charge on any atom is -0.338 e. The fourth-order valence-electron chi connectivity index (χ4n) is 2.93. The molecule has 0 atom stereocenters. The molecule has 0 spiro atoms. The molecule has 0 fully saturated rings. The van der Waals surface area contributed by atoms with Crippen molar-refractivity contribution in [3.8, 4) is 11.3 Å². The third kappa shape index (κ3) is 2.76. The number of imidazole rings is 1. The summed E-state index contributed by atoms with van der Waals surface area (Å²) in [4.78, 5) is 11.1. The van der Waals surface area contributed by atoms with Crippen LogP contribution in [0.15, 0.2) is 36.7 Å². The van der Waals surface area contributed by atoms with Crippen LogP contribution < -0.4 is 5.32 Å². The molecule has 0 aliphatic heterocycles. The zero-order valence-electron chi connectivity index (χ0n) is 14.5. The molecular formula is C19H16Cl2N4S. The zero-order valence-corrected chi connectivity index (χ0v) is 16.8. The van der Waals surface area contributed by atoms with Crippen LogP contribution in [-0.2, 0) is 0 Å². The molecule has 1 aromatic carbocycles. The van der Waals surface area contributed by atoms with Gasteiger partial charge in [0.15, 0.2) is 4.96 Å². The molecule has 0 radical (unpaired) electrons. The first-order chi connectivity index (χ1) is 12.5. The van der Waals surface area contributed by atoms with Crippen molar-refractivity contribution in [2.75, 3.05) is 5.32 Å². The maximum Gasteiger partial charge on any atom is 0.196 e. The summed E-state index contributed by atoms with van der Waals surface area (Å²) in [5, 5.41) is 4.73. The number of benzene rings is 1. The van der Waals surface area contributed by atoms with Gasteiger partial charge in [0.05, 0.1) is 15.7 Å². The van der Waals surface area contributed by atoms with Crippen LogP contribution in [-0.4, -0.2) is 14.4 Å². The first-order valence-corrected chi connectivity index (χ1v) is 9.65. The number of hydrogen-bond donors (Lipinski definition) is 1. The molecule has 1 N–H and O–H groups in total. The second-order valence-electron chi connectivity index (χ2n) is 6.08. The average molecular weight is 403 g/mol. The summed E-state index contributed by atoms with van der Waals surface area (Å²) >= 11 is 14.5. The van der Waals surface area contributed by atoms with Gasteiger partial charge in [0.2, 0.25) is 0 Å². The van der Waals surface area contributed by atoms with Crippen LogP contribution in [0.25, 0.3) is 16.2 Å². The Morgan fingerprint density at radius 1 is 1.08 bits per heavy atom. The summed E-state index contributed by atoms with van der Waals surface area (Å²) in [5.41, 5.74) is 4.68. The van der Waals surface area contributed by atoms with Gasteiger partial charge in [0, 0.05) is 28.5 Å². The van der Waals surface area contributed by atoms with Gasteiger partial charge < -0.3 is 5.32 Å². The molecule has 0 aliphatic rings. The number of pyridine rings is 1. The largest absolute Gasteiger partial charge is 0.338 e. The van der Waals surface area contributed by atoms with Gasteiger partial charge in [0.1, 0.15) is 11.5 Å². The predicted molar refractivity (Wildman–Crippen MR) is 110 cm³/mol. The predicted octanol–water partition coefficient (Wildman–Crippen LogP) is 6.43. The lowest BCUT2D eigenvalue weighted by atomic mass is 10.1. The van der Waals surface area contributed by atoms with E-state index >= 15 is 0 Å². The van der Waals surface area contributed by atoms with Crippen LogP contribution in [0.5, 0.6) is 0 Å². The monoisotopic (exact) mass is 402 g/mol. The third-order valence-corrected chi connectivity index (χ3v) is 6.10. The van der Waals surface area contributed by atoms with E-state index in [0.29, 0.717) is 10.0 Å². The Bertz CT molecular complexity index is 1110. The van der Waals surface area contributed by atoms with Gasteiger partial charge in [-0.2, -0.15) is 0 Å². The number of nitrogens with zero attached hydrogens (tertiary/aromatic N) is 3. The van der Waals surface area contributed by atoms with Gasteiger partial charge in [-0.1, -0.05) is 35.3 Å². The van der Waals surface area contributed by atoms with E-state index in [9.17, 15) is 0 Å². The molecule has 0 amide bonds. The standard InChI is InChI=1S/C19H16Cl2N4S/c1-10-5-4-6-14(20)16(10)23-18-17(13-7-8-22-9-15(13)21)24-19-25(18)11(2)12(3)26-19/h4-9,23H,1-3H3. The minimum absolute atomic E-state index is 0.562. The molecule has 3 heterocycles. The fraction of sp³-hybridized carbons (Fsp3) is 0.158. The molecule has 26 heavy (non-hydrogen) atoms. The fourth-order valence-corrected chi connectivity index (χ4v) is 4.37. The number of thiazole rings is 1. The number of anilines is 2. The topological polar surface area (TPSA) is 42.2 Å². The minimum atomic E-state index is 0.562. The Kier molecular flexibility index (Phi) is 4.39. The molecule has 3 aromatic heterocycles. The summed E-state index contributed by atoms with van der Waals surface area (Å²) in [6.07, 6.45) is 3.35. The summed E-state index contributed by atoms with van der Waals surface area (Å²) in [6, 6.07) is 7.72. The molecule has 0 aliphatic carbocycles. The van der Waals surface area contributed by atoms with Crippen molar-refractivity contribution in [2.24, 2.45) is 0 Å². The molecule has 7 heteroatoms. The molecule has 0 saturated carbocycles. The summed E-state index contributed by atoms with van der Waals surface area (Å²) in [5.74, 6) is 0.853. The van der Waals surface area contributed by atoms with Crippen LogP contribution in [0.3, 0.4) is 0 Å². The van der Waals surface area contributed by atoms with Crippen molar-refractivity contribution < 1.29 is 0 Å². The molecule has 0 saturated heterocycles. The third-order valence-electron chi connectivity index (χ3n) is 4.43. The van der Waals surface area contributed by atoms with Crippen molar-refractivity contribution in [3.63, 3.8) is 0 Å². The number of halogens is 2. The average Bonchev–Trinajstić information content (AvgIpc) is 3.08. The molecule has 0 unspecified atom stereocenters. The maximum absolute atomic E-state index is 6.45. The highest BCUT2D eigenvalue weighted by atomic mass is 35.5. The molecular weight excluding hydrogens is 387 g/mol. The molecule has 0 bridgehead atoms. The number of aromatic nitrogens is 3. The zero-order chi connectivity index (χ0) is 18.4. The van der Waals surface area contributed by atoms with E-state index in [4.69, 9.17) is 28.2 Å². The Morgan fingerprint density at radius 2 is 1.88 bits per heavy atom. The number of nitrogens with one attached hydrogen (secondary N) is 1. The van der Waals surface area contributed by atoms with Crippen LogP contribution in [0.2, 0.25) is 10.0 Å². The van der Waals surface area contributed by atoms with Crippen molar-refractivity contribution in [2.45, 2.75) is 20.8 Å². The summed E-state index contributed by atoms with van der Waals surface area (Å²) in [7, 11) is 0. The van der Waals surface area contributed by atoms with Crippen molar-refractivity contribution in [1.29, 1.82) is 0 Å². The van der Waals surface area contributed by atoms with E-state index < -0.39 is 0 Å². The lowest BCUT2D eigenvalue weighted by molar-refractivity contribution is 1.11. The Balaban J connectivity index is 1.99. The van der Waals surface area contributed by atoms with Crippen molar-refractivity contribution >= 4 is 51.0 Å². The van der Waals surface area contributed by atoms with Crippen LogP contribution in [0.4, 0.5) is 11.5 Å². The van der Waals surface area contributed by atoms with Gasteiger partial charge in [-0.25, -0.2) is 4.98 Å². The molecule has 4 aromatic rings. The van der Waals surface area contributed by atoms with Gasteiger partial charge in [-0.3, -0.25) is 9.38 Å². The van der Waals surface area contributed by atoms with E-state index in [1.54, 1.807) is 23.7 Å². The molecule has 4 nitrogen and oxygen atoms in total. The lowest BCUT2D eigenvalue weighted by Crippen LogP contribution is -2.00. The van der Waals surface area contributed by atoms with E-state index in [2.05, 4.69) is 28.5 Å². The number of fused-ring (bicyclic) bond motifs is 1. The Morgan fingerprint density at radius 3 is 2.62 bits per heavy atom. The number of hydrogen-bond acceptors (Lipinski definition) is 4. The van der Waals surface area contributed by atoms with Gasteiger partial charge in [-0.05, 0) is 38.5 Å². The second kappa shape index (κ2) is 6.58. The second-order valence-corrected chi connectivity index (χ2v) is 8.08. The highest BCUT2D eigenvalue weighted by molar-refractivity contribution is 7.17. The van der Waals surface area contributed by atoms with Crippen LogP contribution in [0, 0.1) is 20.8 Å². The number of rotatable bonds is 3. The van der Waals surface area contributed by atoms with E-state index in [-0.39, 0.29) is 0 Å². The molecule has 132 valence electrons. The normalized spacial score (nSPS) is 11.3. The van der Waals surface area contributed by atoms with Crippen LogP contribution in [0.1, 0.15) is 16.1 Å². The maximum atomic E-state index is 6.45. The first kappa shape index (κ1) is 17.3. The van der Waals surface area contributed by atoms with Crippen LogP contribution >= 0.6 is 34.5 Å². The summed E-state index contributed by atoms with van der Waals surface area (Å²) in [6.45, 7) is 6.21. The van der Waals surface area contributed by atoms with Crippen molar-refractivity contribution in [3.05, 3.63) is 62.8 Å². The SMILES string of the molecule is Cc1cccc(Cl)c1Nc1c(-c2ccncc2Cl)nc2sc(C)c(C)n12. The smallest absolute Gasteiger partial charge is 0.196 e. The summed E-state index contributed by atoms with van der Waals surface area (Å²) < 4.78 is 2.12. The quantitative estimate of drug-likeness (QED) is 0.428. The van der Waals surface area contributed by atoms with Gasteiger partial charge >= 0.3 is 0 Å². The van der Waals surface area contributed by atoms with E-state index in [1.165, 1.54) is 4.88 Å². The van der Waals surface area contributed by atoms with Crippen molar-refractivity contribution in [1.82, 2.24) is 14.4 Å². The van der Waals surface area contributed by atoms with E-state index in [1.807, 2.05) is 31.2 Å². The van der Waals surface area contributed by atoms with E-state index in [0.717, 1.165) is 39.0 Å². The van der Waals surface area contributed by atoms with Gasteiger partial charge in [-0.15, -0.1) is 11.3 Å². The first-order valence-electron chi connectivity index (χ1n) is 8.08. The molecule has 4 rings (SSSR count). The van der Waals surface area contributed by atoms with Gasteiger partial charge in [0.25, 0.3) is 0 Å². The highest BCUT2D eigenvalue weighted by Gasteiger charge is 2.21. The number of aryl methyl sites for hydroxylation is 3. The number of para-hydroxylation sites is 1. The Labute approximate surface area is 165 Å². The highest BCUT2D eigenvalue weighted by Crippen LogP contribution is 2.39. The lowest BCUT2D eigenvalue weighted by Gasteiger charge is -2.13. The Hall–Kier alpha value is -2.08.